The summed E-state index contributed by atoms with van der Waals surface area (Å²) in [5.41, 5.74) is 2.47. The van der Waals surface area contributed by atoms with Crippen LogP contribution in [0.1, 0.15) is 11.5 Å². The van der Waals surface area contributed by atoms with Gasteiger partial charge in [0.15, 0.2) is 6.61 Å². The SMILES string of the molecule is COc1ccccc1-c1noc(CN2C(=O)COc3ccc(C)cc32)n1. The Hall–Kier alpha value is -3.35. The third-order valence-electron chi connectivity index (χ3n) is 4.17. The van der Waals surface area contributed by atoms with Gasteiger partial charge >= 0.3 is 0 Å². The highest BCUT2D eigenvalue weighted by Gasteiger charge is 2.27. The van der Waals surface area contributed by atoms with Crippen LogP contribution >= 0.6 is 0 Å². The van der Waals surface area contributed by atoms with Crippen LogP contribution in [0, 0.1) is 6.92 Å². The minimum atomic E-state index is -0.153. The summed E-state index contributed by atoms with van der Waals surface area (Å²) in [6, 6.07) is 13.1. The van der Waals surface area contributed by atoms with Crippen molar-refractivity contribution in [3.05, 3.63) is 53.9 Å². The molecule has 0 N–H and O–H groups in total. The molecule has 7 heteroatoms. The zero-order valence-corrected chi connectivity index (χ0v) is 14.4. The Bertz CT molecular complexity index is 967. The number of hydrogen-bond acceptors (Lipinski definition) is 6. The molecule has 0 atom stereocenters. The van der Waals surface area contributed by atoms with Crippen LogP contribution < -0.4 is 14.4 Å². The molecule has 0 saturated heterocycles. The number of carbonyl (C=O) groups is 1. The normalized spacial score (nSPS) is 13.3. The first-order chi connectivity index (χ1) is 12.7. The molecule has 3 aromatic rings. The summed E-state index contributed by atoms with van der Waals surface area (Å²) in [7, 11) is 1.59. The maximum absolute atomic E-state index is 12.3. The van der Waals surface area contributed by atoms with E-state index < -0.39 is 0 Å². The predicted molar refractivity (Wildman–Crippen MR) is 94.2 cm³/mol. The molecule has 1 aliphatic rings. The van der Waals surface area contributed by atoms with Gasteiger partial charge in [0.1, 0.15) is 18.0 Å². The Morgan fingerprint density at radius 3 is 2.92 bits per heavy atom. The molecule has 1 amide bonds. The fourth-order valence-electron chi connectivity index (χ4n) is 2.88. The van der Waals surface area contributed by atoms with Crippen LogP contribution in [0.25, 0.3) is 11.4 Å². The lowest BCUT2D eigenvalue weighted by Gasteiger charge is -2.28. The van der Waals surface area contributed by atoms with Crippen molar-refractivity contribution in [2.45, 2.75) is 13.5 Å². The van der Waals surface area contributed by atoms with Crippen LogP contribution in [0.15, 0.2) is 47.0 Å². The number of fused-ring (bicyclic) bond motifs is 1. The Balaban J connectivity index is 1.64. The van der Waals surface area contributed by atoms with E-state index in [1.807, 2.05) is 49.4 Å². The van der Waals surface area contributed by atoms with E-state index in [1.54, 1.807) is 12.0 Å². The Labute approximate surface area is 150 Å². The third kappa shape index (κ3) is 2.88. The predicted octanol–water partition coefficient (Wildman–Crippen LogP) is 2.98. The van der Waals surface area contributed by atoms with E-state index in [1.165, 1.54) is 0 Å². The Morgan fingerprint density at radius 2 is 2.08 bits per heavy atom. The highest BCUT2D eigenvalue weighted by Crippen LogP contribution is 2.34. The number of carbonyl (C=O) groups excluding carboxylic acids is 1. The number of nitrogens with zero attached hydrogens (tertiary/aromatic N) is 3. The quantitative estimate of drug-likeness (QED) is 0.719. The van der Waals surface area contributed by atoms with Crippen LogP contribution in [0.2, 0.25) is 0 Å². The summed E-state index contributed by atoms with van der Waals surface area (Å²) < 4.78 is 16.2. The first-order valence-corrected chi connectivity index (χ1v) is 8.15. The summed E-state index contributed by atoms with van der Waals surface area (Å²) in [5.74, 6) is 1.93. The Morgan fingerprint density at radius 1 is 1.23 bits per heavy atom. The minimum Gasteiger partial charge on any atom is -0.496 e. The summed E-state index contributed by atoms with van der Waals surface area (Å²) in [5, 5.41) is 4.02. The molecule has 0 saturated carbocycles. The number of aryl methyl sites for hydroxylation is 1. The van der Waals surface area contributed by atoms with Gasteiger partial charge in [-0.2, -0.15) is 4.98 Å². The van der Waals surface area contributed by atoms with E-state index in [0.717, 1.165) is 11.1 Å². The summed E-state index contributed by atoms with van der Waals surface area (Å²) >= 11 is 0. The first-order valence-electron chi connectivity index (χ1n) is 8.15. The van der Waals surface area contributed by atoms with Crippen molar-refractivity contribution in [1.29, 1.82) is 0 Å². The molecule has 0 aliphatic carbocycles. The molecule has 0 bridgehead atoms. The van der Waals surface area contributed by atoms with Gasteiger partial charge < -0.3 is 14.0 Å². The van der Waals surface area contributed by atoms with E-state index in [0.29, 0.717) is 28.9 Å². The van der Waals surface area contributed by atoms with Gasteiger partial charge in [0.05, 0.1) is 18.4 Å². The van der Waals surface area contributed by atoms with Crippen molar-refractivity contribution in [3.8, 4) is 22.9 Å². The topological polar surface area (TPSA) is 77.7 Å². The summed E-state index contributed by atoms with van der Waals surface area (Å²) in [6.45, 7) is 2.13. The van der Waals surface area contributed by atoms with Crippen molar-refractivity contribution < 1.29 is 18.8 Å². The molecular formula is C19H17N3O4. The van der Waals surface area contributed by atoms with E-state index in [2.05, 4.69) is 10.1 Å². The number of rotatable bonds is 4. The molecule has 26 heavy (non-hydrogen) atoms. The first kappa shape index (κ1) is 16.1. The van der Waals surface area contributed by atoms with Crippen molar-refractivity contribution in [3.63, 3.8) is 0 Å². The van der Waals surface area contributed by atoms with Crippen molar-refractivity contribution in [2.24, 2.45) is 0 Å². The lowest BCUT2D eigenvalue weighted by Crippen LogP contribution is -2.38. The second-order valence-corrected chi connectivity index (χ2v) is 5.95. The van der Waals surface area contributed by atoms with E-state index >= 15 is 0 Å². The molecule has 2 aromatic carbocycles. The van der Waals surface area contributed by atoms with Crippen LogP contribution in [0.3, 0.4) is 0 Å². The highest BCUT2D eigenvalue weighted by molar-refractivity contribution is 5.97. The average molecular weight is 351 g/mol. The molecule has 4 rings (SSSR count). The van der Waals surface area contributed by atoms with Crippen LogP contribution in [0.5, 0.6) is 11.5 Å². The maximum Gasteiger partial charge on any atom is 0.265 e. The highest BCUT2D eigenvalue weighted by atomic mass is 16.5. The van der Waals surface area contributed by atoms with E-state index in [-0.39, 0.29) is 19.1 Å². The second kappa shape index (κ2) is 6.51. The molecule has 2 heterocycles. The number of anilines is 1. The standard InChI is InChI=1S/C19H17N3O4/c1-12-7-8-16-14(9-12)22(18(23)11-25-16)10-17-20-19(21-26-17)13-5-3-4-6-15(13)24-2/h3-9H,10-11H2,1-2H3. The van der Waals surface area contributed by atoms with E-state index in [9.17, 15) is 4.79 Å². The zero-order chi connectivity index (χ0) is 18.1. The molecule has 7 nitrogen and oxygen atoms in total. The minimum absolute atomic E-state index is 0.0104. The number of para-hydroxylation sites is 1. The summed E-state index contributed by atoms with van der Waals surface area (Å²) in [4.78, 5) is 18.4. The molecule has 1 aliphatic heterocycles. The van der Waals surface area contributed by atoms with Gasteiger partial charge in [-0.1, -0.05) is 23.4 Å². The van der Waals surface area contributed by atoms with Gasteiger partial charge in [-0.25, -0.2) is 0 Å². The molecule has 0 fully saturated rings. The van der Waals surface area contributed by atoms with Crippen molar-refractivity contribution in [1.82, 2.24) is 10.1 Å². The lowest BCUT2D eigenvalue weighted by molar-refractivity contribution is -0.121. The van der Waals surface area contributed by atoms with Crippen molar-refractivity contribution >= 4 is 11.6 Å². The molecule has 132 valence electrons. The smallest absolute Gasteiger partial charge is 0.265 e. The van der Waals surface area contributed by atoms with E-state index in [4.69, 9.17) is 14.0 Å². The third-order valence-corrected chi connectivity index (χ3v) is 4.17. The number of benzene rings is 2. The number of methoxy groups -OCH3 is 1. The van der Waals surface area contributed by atoms with Gasteiger partial charge in [-0.15, -0.1) is 0 Å². The molecule has 0 spiro atoms. The van der Waals surface area contributed by atoms with Gasteiger partial charge in [0.2, 0.25) is 11.7 Å². The van der Waals surface area contributed by atoms with Crippen molar-refractivity contribution in [2.75, 3.05) is 18.6 Å². The van der Waals surface area contributed by atoms with Gasteiger partial charge in [-0.3, -0.25) is 9.69 Å². The molecule has 0 unspecified atom stereocenters. The average Bonchev–Trinajstić information content (AvgIpc) is 3.12. The van der Waals surface area contributed by atoms with Gasteiger partial charge in [0.25, 0.3) is 5.91 Å². The fourth-order valence-corrected chi connectivity index (χ4v) is 2.88. The second-order valence-electron chi connectivity index (χ2n) is 5.95. The zero-order valence-electron chi connectivity index (χ0n) is 14.4. The van der Waals surface area contributed by atoms with Gasteiger partial charge in [0, 0.05) is 0 Å². The number of ether oxygens (including phenoxy) is 2. The van der Waals surface area contributed by atoms with Crippen LogP contribution in [0.4, 0.5) is 5.69 Å². The van der Waals surface area contributed by atoms with Crippen LogP contribution in [-0.2, 0) is 11.3 Å². The number of amides is 1. The lowest BCUT2D eigenvalue weighted by atomic mass is 10.1. The Kier molecular flexibility index (Phi) is 4.04. The number of aromatic nitrogens is 2. The maximum atomic E-state index is 12.3. The number of hydrogen-bond donors (Lipinski definition) is 0. The molecular weight excluding hydrogens is 334 g/mol. The molecule has 1 aromatic heterocycles. The monoisotopic (exact) mass is 351 g/mol. The summed E-state index contributed by atoms with van der Waals surface area (Å²) in [6.07, 6.45) is 0. The largest absolute Gasteiger partial charge is 0.496 e. The van der Waals surface area contributed by atoms with Crippen LogP contribution in [-0.4, -0.2) is 29.8 Å². The molecule has 0 radical (unpaired) electrons. The van der Waals surface area contributed by atoms with Gasteiger partial charge in [-0.05, 0) is 36.8 Å². The fraction of sp³-hybridized carbons (Fsp3) is 0.211.